The molecule has 2 rings (SSSR count). The molecule has 0 atom stereocenters. The Bertz CT molecular complexity index is 294. The van der Waals surface area contributed by atoms with Gasteiger partial charge in [0.05, 0.1) is 6.54 Å². The normalized spacial score (nSPS) is 23.2. The molecular formula is C15H27F3N2. The Morgan fingerprint density at radius 2 is 1.80 bits per heavy atom. The van der Waals surface area contributed by atoms with Crippen molar-refractivity contribution in [2.75, 3.05) is 26.2 Å². The maximum absolute atomic E-state index is 12.6. The Kier molecular flexibility index (Phi) is 5.35. The van der Waals surface area contributed by atoms with E-state index in [0.717, 1.165) is 32.2 Å². The van der Waals surface area contributed by atoms with Crippen molar-refractivity contribution >= 4 is 0 Å². The van der Waals surface area contributed by atoms with Crippen molar-refractivity contribution in [2.24, 2.45) is 5.41 Å². The Hall–Kier alpha value is -0.290. The molecule has 0 aromatic heterocycles. The van der Waals surface area contributed by atoms with E-state index in [1.165, 1.54) is 19.3 Å². The van der Waals surface area contributed by atoms with Crippen molar-refractivity contribution in [3.8, 4) is 0 Å². The molecular weight excluding hydrogens is 265 g/mol. The fraction of sp³-hybridized carbons (Fsp3) is 1.00. The third-order valence-electron chi connectivity index (χ3n) is 4.67. The summed E-state index contributed by atoms with van der Waals surface area (Å²) in [6, 6.07) is 0.631. The van der Waals surface area contributed by atoms with Crippen molar-refractivity contribution in [1.82, 2.24) is 10.2 Å². The van der Waals surface area contributed by atoms with Crippen LogP contribution in [0.3, 0.4) is 0 Å². The minimum Gasteiger partial charge on any atom is -0.313 e. The number of hydrogen-bond acceptors (Lipinski definition) is 2. The van der Waals surface area contributed by atoms with Gasteiger partial charge in [0.15, 0.2) is 0 Å². The zero-order valence-corrected chi connectivity index (χ0v) is 12.4. The zero-order valence-electron chi connectivity index (χ0n) is 12.4. The van der Waals surface area contributed by atoms with E-state index in [1.807, 2.05) is 6.92 Å². The molecule has 118 valence electrons. The fourth-order valence-corrected chi connectivity index (χ4v) is 3.35. The maximum atomic E-state index is 12.6. The van der Waals surface area contributed by atoms with Crippen molar-refractivity contribution in [1.29, 1.82) is 0 Å². The number of nitrogens with one attached hydrogen (secondary N) is 1. The molecule has 5 heteroatoms. The summed E-state index contributed by atoms with van der Waals surface area (Å²) in [7, 11) is 0. The molecule has 2 aliphatic carbocycles. The highest BCUT2D eigenvalue weighted by molar-refractivity contribution is 4.91. The van der Waals surface area contributed by atoms with Crippen LogP contribution < -0.4 is 5.32 Å². The van der Waals surface area contributed by atoms with E-state index in [0.29, 0.717) is 19.1 Å². The van der Waals surface area contributed by atoms with Crippen molar-refractivity contribution < 1.29 is 13.2 Å². The van der Waals surface area contributed by atoms with Crippen LogP contribution in [-0.2, 0) is 0 Å². The molecule has 1 N–H and O–H groups in total. The maximum Gasteiger partial charge on any atom is 0.401 e. The van der Waals surface area contributed by atoms with Crippen LogP contribution in [0.1, 0.15) is 51.9 Å². The zero-order chi connectivity index (χ0) is 14.6. The second-order valence-electron chi connectivity index (χ2n) is 6.63. The van der Waals surface area contributed by atoms with Crippen LogP contribution in [0, 0.1) is 5.41 Å². The molecule has 0 aliphatic heterocycles. The van der Waals surface area contributed by atoms with E-state index in [9.17, 15) is 13.2 Å². The lowest BCUT2D eigenvalue weighted by Crippen LogP contribution is -2.48. The average Bonchev–Trinajstić information content (AvgIpc) is 3.19. The second-order valence-corrected chi connectivity index (χ2v) is 6.63. The van der Waals surface area contributed by atoms with Crippen molar-refractivity contribution in [3.05, 3.63) is 0 Å². The second kappa shape index (κ2) is 6.65. The van der Waals surface area contributed by atoms with Gasteiger partial charge in [0.2, 0.25) is 0 Å². The Balaban J connectivity index is 1.93. The summed E-state index contributed by atoms with van der Waals surface area (Å²) >= 11 is 0. The van der Waals surface area contributed by atoms with E-state index >= 15 is 0 Å². The van der Waals surface area contributed by atoms with Crippen LogP contribution in [0.2, 0.25) is 0 Å². The van der Waals surface area contributed by atoms with Crippen LogP contribution in [0.5, 0.6) is 0 Å². The molecule has 0 unspecified atom stereocenters. The van der Waals surface area contributed by atoms with E-state index in [2.05, 4.69) is 5.32 Å². The minimum absolute atomic E-state index is 0.0576. The summed E-state index contributed by atoms with van der Waals surface area (Å²) in [5.41, 5.74) is 0.0576. The lowest BCUT2D eigenvalue weighted by molar-refractivity contribution is -0.149. The molecule has 2 saturated carbocycles. The van der Waals surface area contributed by atoms with E-state index in [1.54, 1.807) is 4.90 Å². The molecule has 0 bridgehead atoms. The van der Waals surface area contributed by atoms with Crippen molar-refractivity contribution in [3.63, 3.8) is 0 Å². The number of nitrogens with zero attached hydrogens (tertiary/aromatic N) is 1. The largest absolute Gasteiger partial charge is 0.401 e. The summed E-state index contributed by atoms with van der Waals surface area (Å²) in [4.78, 5) is 1.58. The van der Waals surface area contributed by atoms with Gasteiger partial charge in [0.25, 0.3) is 0 Å². The highest BCUT2D eigenvalue weighted by Gasteiger charge is 2.38. The highest BCUT2D eigenvalue weighted by Crippen LogP contribution is 2.38. The van der Waals surface area contributed by atoms with Gasteiger partial charge in [-0.05, 0) is 37.6 Å². The van der Waals surface area contributed by atoms with Crippen LogP contribution >= 0.6 is 0 Å². The third kappa shape index (κ3) is 5.24. The van der Waals surface area contributed by atoms with Gasteiger partial charge < -0.3 is 5.32 Å². The smallest absolute Gasteiger partial charge is 0.313 e. The Morgan fingerprint density at radius 1 is 1.15 bits per heavy atom. The molecule has 20 heavy (non-hydrogen) atoms. The minimum atomic E-state index is -4.09. The number of rotatable bonds is 7. The first-order chi connectivity index (χ1) is 9.42. The first-order valence-electron chi connectivity index (χ1n) is 7.95. The molecule has 2 aliphatic rings. The average molecular weight is 292 g/mol. The topological polar surface area (TPSA) is 15.3 Å². The molecule has 0 radical (unpaired) electrons. The summed E-state index contributed by atoms with van der Waals surface area (Å²) in [5.74, 6) is 0. The lowest BCUT2D eigenvalue weighted by atomic mass is 9.73. The highest BCUT2D eigenvalue weighted by atomic mass is 19.4. The molecule has 2 nitrogen and oxygen atoms in total. The summed E-state index contributed by atoms with van der Waals surface area (Å²) in [5, 5.41) is 3.55. The van der Waals surface area contributed by atoms with Crippen LogP contribution in [0.15, 0.2) is 0 Å². The first kappa shape index (κ1) is 16.1. The number of halogens is 3. The SMILES string of the molecule is CCN(CC(F)(F)F)CC1(CNC2CC2)CCCCC1. The quantitative estimate of drug-likeness (QED) is 0.771. The Morgan fingerprint density at radius 3 is 2.30 bits per heavy atom. The molecule has 0 saturated heterocycles. The molecule has 2 fully saturated rings. The van der Waals surface area contributed by atoms with Crippen LogP contribution in [-0.4, -0.2) is 43.3 Å². The molecule has 0 amide bonds. The molecule has 0 aromatic rings. The van der Waals surface area contributed by atoms with Gasteiger partial charge in [-0.15, -0.1) is 0 Å². The molecule has 0 heterocycles. The first-order valence-corrected chi connectivity index (χ1v) is 7.95. The van der Waals surface area contributed by atoms with E-state index < -0.39 is 12.7 Å². The van der Waals surface area contributed by atoms with Crippen molar-refractivity contribution in [2.45, 2.75) is 64.1 Å². The van der Waals surface area contributed by atoms with Gasteiger partial charge in [0.1, 0.15) is 0 Å². The fourth-order valence-electron chi connectivity index (χ4n) is 3.35. The number of alkyl halides is 3. The van der Waals surface area contributed by atoms with Gasteiger partial charge in [-0.1, -0.05) is 26.2 Å². The summed E-state index contributed by atoms with van der Waals surface area (Å²) < 4.78 is 37.9. The van der Waals surface area contributed by atoms with Gasteiger partial charge >= 0.3 is 6.18 Å². The van der Waals surface area contributed by atoms with Crippen LogP contribution in [0.25, 0.3) is 0 Å². The van der Waals surface area contributed by atoms with Gasteiger partial charge in [-0.2, -0.15) is 13.2 Å². The monoisotopic (exact) mass is 292 g/mol. The molecule has 0 spiro atoms. The predicted octanol–water partition coefficient (Wildman–Crippen LogP) is 3.57. The van der Waals surface area contributed by atoms with E-state index in [4.69, 9.17) is 0 Å². The molecule has 0 aromatic carbocycles. The Labute approximate surface area is 120 Å². The number of hydrogen-bond donors (Lipinski definition) is 1. The third-order valence-corrected chi connectivity index (χ3v) is 4.67. The van der Waals surface area contributed by atoms with E-state index in [-0.39, 0.29) is 5.41 Å². The lowest BCUT2D eigenvalue weighted by Gasteiger charge is -2.41. The van der Waals surface area contributed by atoms with Gasteiger partial charge in [-0.3, -0.25) is 4.90 Å². The summed E-state index contributed by atoms with van der Waals surface area (Å²) in [6.45, 7) is 3.02. The van der Waals surface area contributed by atoms with Gasteiger partial charge in [-0.25, -0.2) is 0 Å². The van der Waals surface area contributed by atoms with Crippen LogP contribution in [0.4, 0.5) is 13.2 Å². The van der Waals surface area contributed by atoms with Gasteiger partial charge in [0, 0.05) is 19.1 Å². The predicted molar refractivity (Wildman–Crippen MR) is 74.7 cm³/mol. The summed E-state index contributed by atoms with van der Waals surface area (Å²) in [6.07, 6.45) is 4.08. The standard InChI is InChI=1S/C15H27F3N2/c1-2-20(12-15(16,17)18)11-14(8-4-3-5-9-14)10-19-13-6-7-13/h13,19H,2-12H2,1H3.